The van der Waals surface area contributed by atoms with E-state index in [0.29, 0.717) is 18.0 Å². The zero-order valence-electron chi connectivity index (χ0n) is 12.4. The van der Waals surface area contributed by atoms with Crippen molar-refractivity contribution < 1.29 is 5.11 Å². The zero-order chi connectivity index (χ0) is 14.9. The quantitative estimate of drug-likeness (QED) is 0.819. The number of piperidine rings is 1. The second-order valence-corrected chi connectivity index (χ2v) is 6.46. The van der Waals surface area contributed by atoms with Crippen molar-refractivity contribution >= 4 is 11.4 Å². The van der Waals surface area contributed by atoms with Crippen LogP contribution in [0.1, 0.15) is 37.7 Å². The average molecular weight is 285 g/mol. The number of aliphatic hydroxyl groups is 1. The summed E-state index contributed by atoms with van der Waals surface area (Å²) in [6.45, 7) is 1.79. The fourth-order valence-corrected chi connectivity index (χ4v) is 3.83. The molecule has 21 heavy (non-hydrogen) atoms. The molecule has 0 radical (unpaired) electrons. The molecule has 112 valence electrons. The minimum Gasteiger partial charge on any atom is -0.398 e. The third kappa shape index (κ3) is 2.71. The highest BCUT2D eigenvalue weighted by Crippen LogP contribution is 2.41. The normalized spacial score (nSPS) is 28.8. The first-order valence-electron chi connectivity index (χ1n) is 7.85. The van der Waals surface area contributed by atoms with Crippen molar-refractivity contribution in [1.82, 2.24) is 0 Å². The minimum absolute atomic E-state index is 0.348. The van der Waals surface area contributed by atoms with E-state index in [1.165, 1.54) is 6.42 Å². The van der Waals surface area contributed by atoms with Gasteiger partial charge in [0.2, 0.25) is 0 Å². The molecule has 0 spiro atoms. The molecule has 1 saturated carbocycles. The number of anilines is 2. The van der Waals surface area contributed by atoms with Gasteiger partial charge >= 0.3 is 0 Å². The molecule has 0 amide bonds. The molecule has 1 aliphatic carbocycles. The Hall–Kier alpha value is -1.73. The van der Waals surface area contributed by atoms with E-state index < -0.39 is 5.60 Å². The van der Waals surface area contributed by atoms with Crippen LogP contribution in [0.15, 0.2) is 18.2 Å². The lowest BCUT2D eigenvalue weighted by Crippen LogP contribution is -2.53. The van der Waals surface area contributed by atoms with Crippen molar-refractivity contribution in [2.45, 2.75) is 44.1 Å². The van der Waals surface area contributed by atoms with Crippen LogP contribution >= 0.6 is 0 Å². The summed E-state index contributed by atoms with van der Waals surface area (Å²) in [7, 11) is 0. The van der Waals surface area contributed by atoms with Crippen LogP contribution < -0.4 is 10.6 Å². The standard InChI is InChI=1S/C17H23N3O/c18-9-6-13-11-15(4-5-16(13)19)20-10-8-17(21)7-2-1-3-14(17)12-20/h4-5,11,14,21H,1-3,6-8,10,12,19H2. The summed E-state index contributed by atoms with van der Waals surface area (Å²) >= 11 is 0. The first-order valence-corrected chi connectivity index (χ1v) is 7.85. The molecule has 0 bridgehead atoms. The van der Waals surface area contributed by atoms with Gasteiger partial charge in [-0.2, -0.15) is 5.26 Å². The molecule has 2 atom stereocenters. The number of hydrogen-bond acceptors (Lipinski definition) is 4. The monoisotopic (exact) mass is 285 g/mol. The summed E-state index contributed by atoms with van der Waals surface area (Å²) in [6.07, 6.45) is 5.64. The summed E-state index contributed by atoms with van der Waals surface area (Å²) < 4.78 is 0. The molecule has 4 heteroatoms. The Morgan fingerprint density at radius 2 is 2.24 bits per heavy atom. The van der Waals surface area contributed by atoms with Gasteiger partial charge in [0.05, 0.1) is 18.1 Å². The second-order valence-electron chi connectivity index (χ2n) is 6.46. The van der Waals surface area contributed by atoms with Gasteiger partial charge in [-0.05, 0) is 43.0 Å². The maximum atomic E-state index is 10.7. The van der Waals surface area contributed by atoms with Crippen molar-refractivity contribution in [2.24, 2.45) is 5.92 Å². The van der Waals surface area contributed by atoms with Crippen molar-refractivity contribution in [3.05, 3.63) is 23.8 Å². The maximum absolute atomic E-state index is 10.7. The molecule has 0 aromatic heterocycles. The highest BCUT2D eigenvalue weighted by atomic mass is 16.3. The van der Waals surface area contributed by atoms with Crippen LogP contribution in [0.4, 0.5) is 11.4 Å². The molecule has 2 unspecified atom stereocenters. The van der Waals surface area contributed by atoms with Crippen LogP contribution in [0.25, 0.3) is 0 Å². The van der Waals surface area contributed by atoms with Gasteiger partial charge in [0.15, 0.2) is 0 Å². The maximum Gasteiger partial charge on any atom is 0.0709 e. The molecule has 2 aliphatic rings. The van der Waals surface area contributed by atoms with E-state index in [0.717, 1.165) is 50.0 Å². The van der Waals surface area contributed by atoms with Crippen LogP contribution in [0.2, 0.25) is 0 Å². The number of rotatable bonds is 2. The third-order valence-corrected chi connectivity index (χ3v) is 5.19. The molecule has 1 saturated heterocycles. The summed E-state index contributed by atoms with van der Waals surface area (Å²) in [4.78, 5) is 2.34. The fourth-order valence-electron chi connectivity index (χ4n) is 3.83. The van der Waals surface area contributed by atoms with E-state index in [-0.39, 0.29) is 0 Å². The topological polar surface area (TPSA) is 73.3 Å². The first-order chi connectivity index (χ1) is 10.1. The van der Waals surface area contributed by atoms with E-state index in [9.17, 15) is 5.11 Å². The lowest BCUT2D eigenvalue weighted by Gasteiger charge is -2.48. The van der Waals surface area contributed by atoms with E-state index >= 15 is 0 Å². The Morgan fingerprint density at radius 3 is 3.05 bits per heavy atom. The Labute approximate surface area is 126 Å². The molecular formula is C17H23N3O. The zero-order valence-corrected chi connectivity index (χ0v) is 12.4. The number of nitrogens with zero attached hydrogens (tertiary/aromatic N) is 2. The Morgan fingerprint density at radius 1 is 1.38 bits per heavy atom. The van der Waals surface area contributed by atoms with Gasteiger partial charge in [-0.15, -0.1) is 0 Å². The predicted molar refractivity (Wildman–Crippen MR) is 83.9 cm³/mol. The smallest absolute Gasteiger partial charge is 0.0709 e. The van der Waals surface area contributed by atoms with Gasteiger partial charge in [-0.25, -0.2) is 0 Å². The number of fused-ring (bicyclic) bond motifs is 1. The van der Waals surface area contributed by atoms with Gasteiger partial charge in [0, 0.05) is 30.4 Å². The third-order valence-electron chi connectivity index (χ3n) is 5.19. The van der Waals surface area contributed by atoms with E-state index in [2.05, 4.69) is 11.0 Å². The lowest BCUT2D eigenvalue weighted by atomic mass is 9.71. The van der Waals surface area contributed by atoms with Gasteiger partial charge in [0.25, 0.3) is 0 Å². The molecule has 1 aromatic carbocycles. The summed E-state index contributed by atoms with van der Waals surface area (Å²) in [5, 5.41) is 19.6. The molecule has 3 N–H and O–H groups in total. The van der Waals surface area contributed by atoms with Crippen LogP contribution in [0, 0.1) is 17.2 Å². The first kappa shape index (κ1) is 14.2. The molecular weight excluding hydrogens is 262 g/mol. The Balaban J connectivity index is 1.79. The fraction of sp³-hybridized carbons (Fsp3) is 0.588. The number of benzene rings is 1. The Kier molecular flexibility index (Phi) is 3.77. The summed E-state index contributed by atoms with van der Waals surface area (Å²) in [5.41, 5.74) is 8.19. The van der Waals surface area contributed by atoms with Gasteiger partial charge in [-0.3, -0.25) is 0 Å². The molecule has 3 rings (SSSR count). The minimum atomic E-state index is -0.446. The highest BCUT2D eigenvalue weighted by Gasteiger charge is 2.42. The highest BCUT2D eigenvalue weighted by molar-refractivity contribution is 5.59. The number of hydrogen-bond donors (Lipinski definition) is 2. The SMILES string of the molecule is N#CCc1cc(N2CCC3(O)CCCCC3C2)ccc1N. The van der Waals surface area contributed by atoms with E-state index in [1.54, 1.807) is 0 Å². The number of nitrogens with two attached hydrogens (primary N) is 1. The Bertz CT molecular complexity index is 566. The average Bonchev–Trinajstić information content (AvgIpc) is 2.49. The second kappa shape index (κ2) is 5.57. The number of nitrogen functional groups attached to an aromatic ring is 1. The van der Waals surface area contributed by atoms with Crippen LogP contribution in [0.3, 0.4) is 0 Å². The predicted octanol–water partition coefficient (Wildman–Crippen LogP) is 2.47. The van der Waals surface area contributed by atoms with E-state index in [1.807, 2.05) is 18.2 Å². The van der Waals surface area contributed by atoms with Gasteiger partial charge < -0.3 is 15.7 Å². The van der Waals surface area contributed by atoms with Crippen LogP contribution in [-0.2, 0) is 6.42 Å². The molecule has 1 aromatic rings. The lowest BCUT2D eigenvalue weighted by molar-refractivity contribution is -0.0612. The van der Waals surface area contributed by atoms with Crippen molar-refractivity contribution in [3.63, 3.8) is 0 Å². The molecule has 4 nitrogen and oxygen atoms in total. The largest absolute Gasteiger partial charge is 0.398 e. The summed E-state index contributed by atoms with van der Waals surface area (Å²) in [6, 6.07) is 8.12. The van der Waals surface area contributed by atoms with Crippen molar-refractivity contribution in [1.29, 1.82) is 5.26 Å². The van der Waals surface area contributed by atoms with Crippen molar-refractivity contribution in [2.75, 3.05) is 23.7 Å². The summed E-state index contributed by atoms with van der Waals surface area (Å²) in [5.74, 6) is 0.372. The molecule has 1 heterocycles. The van der Waals surface area contributed by atoms with Gasteiger partial charge in [-0.1, -0.05) is 12.8 Å². The molecule has 1 aliphatic heterocycles. The molecule has 2 fully saturated rings. The van der Waals surface area contributed by atoms with E-state index in [4.69, 9.17) is 11.0 Å². The van der Waals surface area contributed by atoms with Crippen LogP contribution in [-0.4, -0.2) is 23.8 Å². The van der Waals surface area contributed by atoms with Crippen LogP contribution in [0.5, 0.6) is 0 Å². The van der Waals surface area contributed by atoms with Crippen molar-refractivity contribution in [3.8, 4) is 6.07 Å². The van der Waals surface area contributed by atoms with Gasteiger partial charge in [0.1, 0.15) is 0 Å². The number of nitriles is 1.